The van der Waals surface area contributed by atoms with E-state index in [0.29, 0.717) is 16.8 Å². The van der Waals surface area contributed by atoms with Crippen LogP contribution in [-0.4, -0.2) is 11.9 Å². The van der Waals surface area contributed by atoms with E-state index in [1.165, 1.54) is 17.8 Å². The van der Waals surface area contributed by atoms with Gasteiger partial charge < -0.3 is 10.5 Å². The van der Waals surface area contributed by atoms with Crippen LogP contribution in [0.2, 0.25) is 0 Å². The highest BCUT2D eigenvalue weighted by atomic mass is 32.2. The Hall–Kier alpha value is -1.52. The molecule has 1 fully saturated rings. The zero-order valence-corrected chi connectivity index (χ0v) is 12.5. The number of nitrogens with two attached hydrogens (primary N) is 1. The number of benzene rings is 2. The summed E-state index contributed by atoms with van der Waals surface area (Å²) in [7, 11) is 0. The van der Waals surface area contributed by atoms with E-state index in [2.05, 4.69) is 0 Å². The predicted molar refractivity (Wildman–Crippen MR) is 84.1 cm³/mol. The predicted octanol–water partition coefficient (Wildman–Crippen LogP) is 4.16. The summed E-state index contributed by atoms with van der Waals surface area (Å²) in [6, 6.07) is 14.6. The third-order valence-electron chi connectivity index (χ3n) is 3.39. The molecule has 2 nitrogen and oxygen atoms in total. The first-order valence-electron chi connectivity index (χ1n) is 7.12. The van der Waals surface area contributed by atoms with Crippen LogP contribution in [0.4, 0.5) is 4.39 Å². The molecule has 2 aromatic carbocycles. The van der Waals surface area contributed by atoms with Gasteiger partial charge in [0.15, 0.2) is 0 Å². The lowest BCUT2D eigenvalue weighted by Gasteiger charge is -2.13. The van der Waals surface area contributed by atoms with Gasteiger partial charge in [-0.25, -0.2) is 4.39 Å². The lowest BCUT2D eigenvalue weighted by Crippen LogP contribution is -2.13. The van der Waals surface area contributed by atoms with Gasteiger partial charge in [0, 0.05) is 16.7 Å². The normalized spacial score (nSPS) is 15.7. The van der Waals surface area contributed by atoms with Gasteiger partial charge in [-0.15, -0.1) is 11.8 Å². The van der Waals surface area contributed by atoms with E-state index in [4.69, 9.17) is 10.5 Å². The van der Waals surface area contributed by atoms with Gasteiger partial charge in [-0.3, -0.25) is 0 Å². The Bertz CT molecular complexity index is 598. The summed E-state index contributed by atoms with van der Waals surface area (Å²) in [6.45, 7) is 0. The summed E-state index contributed by atoms with van der Waals surface area (Å²) in [6.07, 6.45) is 2.71. The van der Waals surface area contributed by atoms with Crippen LogP contribution in [0.3, 0.4) is 0 Å². The number of hydrogen-bond donors (Lipinski definition) is 1. The Morgan fingerprint density at radius 3 is 2.52 bits per heavy atom. The van der Waals surface area contributed by atoms with Gasteiger partial charge in [-0.2, -0.15) is 0 Å². The van der Waals surface area contributed by atoms with Gasteiger partial charge >= 0.3 is 0 Å². The minimum absolute atomic E-state index is 0.121. The molecule has 0 heterocycles. The van der Waals surface area contributed by atoms with E-state index in [9.17, 15) is 4.39 Å². The molecule has 1 unspecified atom stereocenters. The fraction of sp³-hybridized carbons (Fsp3) is 0.294. The summed E-state index contributed by atoms with van der Waals surface area (Å²) < 4.78 is 19.3. The van der Waals surface area contributed by atoms with Crippen molar-refractivity contribution in [2.24, 2.45) is 5.73 Å². The fourth-order valence-corrected chi connectivity index (χ4v) is 2.94. The van der Waals surface area contributed by atoms with Crippen LogP contribution in [0.1, 0.15) is 24.4 Å². The Morgan fingerprint density at radius 2 is 1.86 bits per heavy atom. The molecule has 1 atom stereocenters. The van der Waals surface area contributed by atoms with E-state index >= 15 is 0 Å². The highest BCUT2D eigenvalue weighted by molar-refractivity contribution is 7.99. The number of hydrogen-bond acceptors (Lipinski definition) is 3. The molecule has 4 heteroatoms. The molecule has 2 aromatic rings. The maximum Gasteiger partial charge on any atom is 0.136 e. The summed E-state index contributed by atoms with van der Waals surface area (Å²) in [5.74, 6) is 1.35. The molecule has 0 bridgehead atoms. The molecule has 3 rings (SSSR count). The number of ether oxygens (including phenoxy) is 1. The third kappa shape index (κ3) is 3.99. The minimum atomic E-state index is -0.192. The van der Waals surface area contributed by atoms with Crippen molar-refractivity contribution >= 4 is 11.8 Å². The standard InChI is InChI=1S/C17H18FNOS/c18-15-3-1-2-4-17(15)21-11-16(19)12-5-7-13(8-6-12)20-14-9-10-14/h1-8,14,16H,9-11,19H2. The summed E-state index contributed by atoms with van der Waals surface area (Å²) >= 11 is 1.44. The SMILES string of the molecule is NC(CSc1ccccc1F)c1ccc(OC2CC2)cc1. The van der Waals surface area contributed by atoms with Gasteiger partial charge in [0.05, 0.1) is 6.10 Å². The van der Waals surface area contributed by atoms with Crippen molar-refractivity contribution in [2.45, 2.75) is 29.9 Å². The van der Waals surface area contributed by atoms with Crippen LogP contribution in [0.25, 0.3) is 0 Å². The van der Waals surface area contributed by atoms with Crippen LogP contribution in [0, 0.1) is 5.82 Å². The Kier molecular flexibility index (Phi) is 4.46. The molecule has 1 aliphatic carbocycles. The summed E-state index contributed by atoms with van der Waals surface area (Å²) in [5.41, 5.74) is 7.22. The van der Waals surface area contributed by atoms with Crippen LogP contribution in [0.5, 0.6) is 5.75 Å². The van der Waals surface area contributed by atoms with E-state index in [1.54, 1.807) is 12.1 Å². The number of halogens is 1. The second-order valence-corrected chi connectivity index (χ2v) is 6.30. The quantitative estimate of drug-likeness (QED) is 0.814. The second kappa shape index (κ2) is 6.50. The third-order valence-corrected chi connectivity index (χ3v) is 4.56. The average molecular weight is 303 g/mol. The first-order chi connectivity index (χ1) is 10.2. The lowest BCUT2D eigenvalue weighted by molar-refractivity contribution is 0.303. The van der Waals surface area contributed by atoms with Gasteiger partial charge in [0.2, 0.25) is 0 Å². The van der Waals surface area contributed by atoms with Gasteiger partial charge in [0.1, 0.15) is 11.6 Å². The van der Waals surface area contributed by atoms with Crippen LogP contribution in [0.15, 0.2) is 53.4 Å². The molecular weight excluding hydrogens is 285 g/mol. The molecule has 21 heavy (non-hydrogen) atoms. The molecule has 0 aliphatic heterocycles. The zero-order valence-electron chi connectivity index (χ0n) is 11.7. The highest BCUT2D eigenvalue weighted by Crippen LogP contribution is 2.29. The highest BCUT2D eigenvalue weighted by Gasteiger charge is 2.23. The van der Waals surface area contributed by atoms with Crippen molar-refractivity contribution in [3.05, 3.63) is 59.9 Å². The smallest absolute Gasteiger partial charge is 0.136 e. The summed E-state index contributed by atoms with van der Waals surface area (Å²) in [5, 5.41) is 0. The van der Waals surface area contributed by atoms with E-state index in [-0.39, 0.29) is 11.9 Å². The van der Waals surface area contributed by atoms with Gasteiger partial charge in [0.25, 0.3) is 0 Å². The van der Waals surface area contributed by atoms with Crippen molar-refractivity contribution in [2.75, 3.05) is 5.75 Å². The van der Waals surface area contributed by atoms with Gasteiger partial charge in [-0.05, 0) is 42.7 Å². The van der Waals surface area contributed by atoms with Crippen LogP contribution >= 0.6 is 11.8 Å². The fourth-order valence-electron chi connectivity index (χ4n) is 2.01. The molecule has 2 N–H and O–H groups in total. The monoisotopic (exact) mass is 303 g/mol. The van der Waals surface area contributed by atoms with Crippen molar-refractivity contribution in [1.29, 1.82) is 0 Å². The first-order valence-corrected chi connectivity index (χ1v) is 8.10. The van der Waals surface area contributed by atoms with E-state index in [1.807, 2.05) is 30.3 Å². The molecule has 0 spiro atoms. The molecule has 0 radical (unpaired) electrons. The van der Waals surface area contributed by atoms with Crippen LogP contribution < -0.4 is 10.5 Å². The molecule has 1 aliphatic rings. The zero-order chi connectivity index (χ0) is 14.7. The molecule has 0 aromatic heterocycles. The Balaban J connectivity index is 1.57. The molecule has 0 saturated heterocycles. The lowest BCUT2D eigenvalue weighted by atomic mass is 10.1. The van der Waals surface area contributed by atoms with Crippen molar-refractivity contribution in [3.63, 3.8) is 0 Å². The Labute approximate surface area is 128 Å². The maximum atomic E-state index is 13.5. The number of rotatable bonds is 6. The van der Waals surface area contributed by atoms with Crippen LogP contribution in [-0.2, 0) is 0 Å². The van der Waals surface area contributed by atoms with E-state index in [0.717, 1.165) is 24.2 Å². The van der Waals surface area contributed by atoms with E-state index < -0.39 is 0 Å². The van der Waals surface area contributed by atoms with Gasteiger partial charge in [-0.1, -0.05) is 24.3 Å². The molecule has 110 valence electrons. The average Bonchev–Trinajstić information content (AvgIpc) is 3.31. The second-order valence-electron chi connectivity index (χ2n) is 5.23. The maximum absolute atomic E-state index is 13.5. The summed E-state index contributed by atoms with van der Waals surface area (Å²) in [4.78, 5) is 0.640. The van der Waals surface area contributed by atoms with Crippen molar-refractivity contribution in [1.82, 2.24) is 0 Å². The van der Waals surface area contributed by atoms with Crippen molar-refractivity contribution < 1.29 is 9.13 Å². The van der Waals surface area contributed by atoms with Crippen molar-refractivity contribution in [3.8, 4) is 5.75 Å². The molecule has 0 amide bonds. The largest absolute Gasteiger partial charge is 0.490 e. The first kappa shape index (κ1) is 14.4. The Morgan fingerprint density at radius 1 is 1.14 bits per heavy atom. The number of thioether (sulfide) groups is 1. The topological polar surface area (TPSA) is 35.2 Å². The minimum Gasteiger partial charge on any atom is -0.490 e. The molecular formula is C17H18FNOS. The molecule has 1 saturated carbocycles.